The van der Waals surface area contributed by atoms with Crippen molar-refractivity contribution in [3.8, 4) is 28.7 Å². The number of aryl methyl sites for hydroxylation is 1. The number of pyridine rings is 1. The van der Waals surface area contributed by atoms with Gasteiger partial charge in [-0.1, -0.05) is 42.0 Å². The van der Waals surface area contributed by atoms with Crippen molar-refractivity contribution in [3.05, 3.63) is 89.1 Å². The van der Waals surface area contributed by atoms with Crippen molar-refractivity contribution >= 4 is 6.16 Å². The van der Waals surface area contributed by atoms with Crippen molar-refractivity contribution in [2.75, 3.05) is 0 Å². The third-order valence-corrected chi connectivity index (χ3v) is 7.57. The van der Waals surface area contributed by atoms with E-state index in [2.05, 4.69) is 14.8 Å². The van der Waals surface area contributed by atoms with E-state index in [1.807, 2.05) is 37.3 Å². The van der Waals surface area contributed by atoms with Gasteiger partial charge in [0.1, 0.15) is 12.4 Å². The molecule has 0 atom stereocenters. The summed E-state index contributed by atoms with van der Waals surface area (Å²) in [6.45, 7) is 1.99. The highest BCUT2D eigenvalue weighted by atomic mass is 19.4. The Balaban J connectivity index is 1.34. The van der Waals surface area contributed by atoms with Gasteiger partial charge in [-0.3, -0.25) is 0 Å². The number of halogens is 6. The molecule has 232 valence electrons. The summed E-state index contributed by atoms with van der Waals surface area (Å²) in [5.41, 5.74) is 2.18. The molecule has 2 heterocycles. The summed E-state index contributed by atoms with van der Waals surface area (Å²) in [5, 5.41) is 12.5. The standard InChI is InChI=1S/C31H27F6N3O4/c1-18-5-14-25(43-17-19-6-8-20(9-7-19)21-10-12-22(13-11-21)30(32,33)34)23(15-18)24-3-2-4-27(38-24)40-26(31(35,36)37)16-28(39-40)44-29(41)42/h2-9,14-16,21-22H,10-13,17H2,1H3,(H,41,42)/t21-,22-. The number of alkyl halides is 6. The van der Waals surface area contributed by atoms with E-state index in [-0.39, 0.29) is 36.9 Å². The van der Waals surface area contributed by atoms with Crippen LogP contribution in [0.5, 0.6) is 11.6 Å². The summed E-state index contributed by atoms with van der Waals surface area (Å²) in [7, 11) is 0. The molecule has 0 saturated heterocycles. The summed E-state index contributed by atoms with van der Waals surface area (Å²) in [4.78, 5) is 15.2. The van der Waals surface area contributed by atoms with Gasteiger partial charge in [-0.05, 0) is 73.9 Å². The number of carbonyl (C=O) groups is 1. The Labute approximate surface area is 248 Å². The van der Waals surface area contributed by atoms with Gasteiger partial charge in [-0.2, -0.15) is 26.3 Å². The monoisotopic (exact) mass is 619 g/mol. The Kier molecular flexibility index (Phi) is 8.57. The molecule has 1 N–H and O–H groups in total. The second-order valence-electron chi connectivity index (χ2n) is 10.6. The van der Waals surface area contributed by atoms with E-state index in [0.29, 0.717) is 34.9 Å². The van der Waals surface area contributed by atoms with Crippen molar-refractivity contribution in [2.24, 2.45) is 5.92 Å². The van der Waals surface area contributed by atoms with Crippen molar-refractivity contribution in [1.82, 2.24) is 14.8 Å². The van der Waals surface area contributed by atoms with E-state index in [0.717, 1.165) is 16.7 Å². The molecule has 0 radical (unpaired) electrons. The first-order valence-corrected chi connectivity index (χ1v) is 13.7. The van der Waals surface area contributed by atoms with Crippen molar-refractivity contribution in [3.63, 3.8) is 0 Å². The minimum Gasteiger partial charge on any atom is -0.488 e. The third kappa shape index (κ3) is 7.14. The van der Waals surface area contributed by atoms with Gasteiger partial charge in [0.2, 0.25) is 5.88 Å². The third-order valence-electron chi connectivity index (χ3n) is 7.57. The lowest BCUT2D eigenvalue weighted by Crippen LogP contribution is -2.27. The van der Waals surface area contributed by atoms with Crippen LogP contribution in [-0.2, 0) is 12.8 Å². The van der Waals surface area contributed by atoms with E-state index in [1.54, 1.807) is 18.2 Å². The summed E-state index contributed by atoms with van der Waals surface area (Å²) >= 11 is 0. The van der Waals surface area contributed by atoms with Crippen LogP contribution in [0.25, 0.3) is 17.1 Å². The Morgan fingerprint density at radius 2 is 1.66 bits per heavy atom. The van der Waals surface area contributed by atoms with Crippen LogP contribution in [0.15, 0.2) is 66.7 Å². The van der Waals surface area contributed by atoms with E-state index in [1.165, 1.54) is 12.1 Å². The van der Waals surface area contributed by atoms with Gasteiger partial charge in [0.15, 0.2) is 11.5 Å². The maximum atomic E-state index is 13.7. The molecule has 2 aromatic heterocycles. The average Bonchev–Trinajstić information content (AvgIpc) is 3.40. The fourth-order valence-corrected chi connectivity index (χ4v) is 5.34. The molecule has 0 aliphatic heterocycles. The highest BCUT2D eigenvalue weighted by Gasteiger charge is 2.41. The maximum absolute atomic E-state index is 13.7. The zero-order chi connectivity index (χ0) is 31.6. The summed E-state index contributed by atoms with van der Waals surface area (Å²) < 4.78 is 91.1. The van der Waals surface area contributed by atoms with E-state index in [9.17, 15) is 31.1 Å². The van der Waals surface area contributed by atoms with E-state index < -0.39 is 36.0 Å². The molecule has 0 spiro atoms. The fourth-order valence-electron chi connectivity index (χ4n) is 5.34. The van der Waals surface area contributed by atoms with Crippen molar-refractivity contribution in [2.45, 2.75) is 57.5 Å². The van der Waals surface area contributed by atoms with Crippen LogP contribution in [0.1, 0.15) is 54.0 Å². The van der Waals surface area contributed by atoms with Crippen LogP contribution in [-0.4, -0.2) is 32.2 Å². The van der Waals surface area contributed by atoms with Crippen LogP contribution in [0.3, 0.4) is 0 Å². The van der Waals surface area contributed by atoms with E-state index in [4.69, 9.17) is 9.84 Å². The molecule has 0 bridgehead atoms. The minimum absolute atomic E-state index is 0.0741. The van der Waals surface area contributed by atoms with Crippen LogP contribution in [0, 0.1) is 12.8 Å². The van der Waals surface area contributed by atoms with Crippen LogP contribution in [0.4, 0.5) is 31.1 Å². The molecule has 1 aliphatic rings. The van der Waals surface area contributed by atoms with Crippen LogP contribution in [0.2, 0.25) is 0 Å². The molecular formula is C31H27F6N3O4. The first-order valence-electron chi connectivity index (χ1n) is 13.7. The Bertz CT molecular complexity index is 1620. The number of hydrogen-bond donors (Lipinski definition) is 1. The quantitative estimate of drug-likeness (QED) is 0.165. The SMILES string of the molecule is Cc1ccc(OCc2ccc([C@H]3CC[C@H](C(F)(F)F)CC3)cc2)c(-c2cccc(-n3nc(OC(=O)O)cc3C(F)(F)F)n2)c1. The van der Waals surface area contributed by atoms with Crippen LogP contribution >= 0.6 is 0 Å². The van der Waals surface area contributed by atoms with Gasteiger partial charge in [-0.15, -0.1) is 5.10 Å². The van der Waals surface area contributed by atoms with Gasteiger partial charge in [0, 0.05) is 11.6 Å². The fraction of sp³-hybridized carbons (Fsp3) is 0.323. The topological polar surface area (TPSA) is 86.5 Å². The molecule has 44 heavy (non-hydrogen) atoms. The van der Waals surface area contributed by atoms with Gasteiger partial charge < -0.3 is 14.6 Å². The lowest BCUT2D eigenvalue weighted by molar-refractivity contribution is -0.182. The second-order valence-corrected chi connectivity index (χ2v) is 10.6. The second kappa shape index (κ2) is 12.2. The predicted octanol–water partition coefficient (Wildman–Crippen LogP) is 8.73. The molecular weight excluding hydrogens is 592 g/mol. The number of hydrogen-bond acceptors (Lipinski definition) is 5. The molecule has 0 amide bonds. The first-order chi connectivity index (χ1) is 20.8. The Morgan fingerprint density at radius 1 is 0.955 bits per heavy atom. The molecule has 4 aromatic rings. The normalized spacial score (nSPS) is 17.3. The van der Waals surface area contributed by atoms with Crippen molar-refractivity contribution < 1.29 is 45.7 Å². The molecule has 1 saturated carbocycles. The first kappa shape index (κ1) is 30.9. The maximum Gasteiger partial charge on any atom is 0.512 e. The zero-order valence-electron chi connectivity index (χ0n) is 23.3. The number of benzene rings is 2. The zero-order valence-corrected chi connectivity index (χ0v) is 23.3. The predicted molar refractivity (Wildman–Crippen MR) is 147 cm³/mol. The molecule has 13 heteroatoms. The highest BCUT2D eigenvalue weighted by molar-refractivity contribution is 5.69. The Morgan fingerprint density at radius 3 is 2.30 bits per heavy atom. The van der Waals surface area contributed by atoms with Crippen molar-refractivity contribution in [1.29, 1.82) is 0 Å². The molecule has 0 unspecified atom stereocenters. The highest BCUT2D eigenvalue weighted by Crippen LogP contribution is 2.43. The van der Waals surface area contributed by atoms with Gasteiger partial charge >= 0.3 is 18.5 Å². The van der Waals surface area contributed by atoms with Crippen LogP contribution < -0.4 is 9.47 Å². The Hall–Kier alpha value is -4.55. The van der Waals surface area contributed by atoms with Gasteiger partial charge in [0.25, 0.3) is 0 Å². The van der Waals surface area contributed by atoms with Gasteiger partial charge in [-0.25, -0.2) is 14.5 Å². The summed E-state index contributed by atoms with van der Waals surface area (Å²) in [6.07, 6.45) is -9.62. The number of rotatable bonds is 7. The average molecular weight is 620 g/mol. The lowest BCUT2D eigenvalue weighted by atomic mass is 9.78. The van der Waals surface area contributed by atoms with E-state index >= 15 is 0 Å². The molecule has 1 aliphatic carbocycles. The smallest absolute Gasteiger partial charge is 0.488 e. The molecule has 5 rings (SSSR count). The van der Waals surface area contributed by atoms with Gasteiger partial charge in [0.05, 0.1) is 11.6 Å². The molecule has 7 nitrogen and oxygen atoms in total. The number of ether oxygens (including phenoxy) is 2. The lowest BCUT2D eigenvalue weighted by Gasteiger charge is -2.30. The number of nitrogens with zero attached hydrogens (tertiary/aromatic N) is 3. The summed E-state index contributed by atoms with van der Waals surface area (Å²) in [5.74, 6) is -1.72. The molecule has 2 aromatic carbocycles. The molecule has 1 fully saturated rings. The number of carboxylic acid groups (broad SMARTS) is 1. The number of aromatic nitrogens is 3. The summed E-state index contributed by atoms with van der Waals surface area (Å²) in [6, 6.07) is 17.7. The largest absolute Gasteiger partial charge is 0.512 e. The minimum atomic E-state index is -4.87.